The molecule has 1 aliphatic heterocycles. The van der Waals surface area contributed by atoms with Crippen LogP contribution in [-0.4, -0.2) is 16.9 Å². The average Bonchev–Trinajstić information content (AvgIpc) is 2.34. The number of rotatable bonds is 2. The van der Waals surface area contributed by atoms with Crippen LogP contribution in [-0.2, 0) is 15.0 Å². The van der Waals surface area contributed by atoms with Gasteiger partial charge < -0.3 is 10.8 Å². The minimum atomic E-state index is -0.751. The third-order valence-corrected chi connectivity index (χ3v) is 3.65. The lowest BCUT2D eigenvalue weighted by Gasteiger charge is -2.35. The first kappa shape index (κ1) is 12.4. The van der Waals surface area contributed by atoms with Crippen molar-refractivity contribution in [1.29, 1.82) is 0 Å². The van der Waals surface area contributed by atoms with Crippen molar-refractivity contribution < 1.29 is 14.7 Å². The second kappa shape index (κ2) is 4.33. The van der Waals surface area contributed by atoms with Crippen LogP contribution in [0.5, 0.6) is 5.75 Å². The zero-order valence-electron chi connectivity index (χ0n) is 10.2. The Morgan fingerprint density at radius 1 is 1.44 bits per heavy atom. The van der Waals surface area contributed by atoms with E-state index in [0.717, 1.165) is 0 Å². The fraction of sp³-hybridized carbons (Fsp3) is 0.385. The van der Waals surface area contributed by atoms with Crippen LogP contribution in [0.2, 0.25) is 0 Å². The van der Waals surface area contributed by atoms with Crippen LogP contribution < -0.4 is 11.1 Å². The maximum absolute atomic E-state index is 12.1. The van der Waals surface area contributed by atoms with E-state index in [9.17, 15) is 14.7 Å². The van der Waals surface area contributed by atoms with E-state index in [1.165, 1.54) is 6.07 Å². The zero-order chi connectivity index (χ0) is 13.3. The van der Waals surface area contributed by atoms with Gasteiger partial charge in [-0.15, -0.1) is 0 Å². The van der Waals surface area contributed by atoms with E-state index >= 15 is 0 Å². The summed E-state index contributed by atoms with van der Waals surface area (Å²) in [7, 11) is 0. The summed E-state index contributed by atoms with van der Waals surface area (Å²) in [6.07, 6.45) is 1.33. The van der Waals surface area contributed by atoms with E-state index in [1.54, 1.807) is 12.1 Å². The third kappa shape index (κ3) is 1.81. The predicted molar refractivity (Wildman–Crippen MR) is 66.9 cm³/mol. The number of phenols is 1. The molecule has 1 aromatic carbocycles. The summed E-state index contributed by atoms with van der Waals surface area (Å²) in [5.41, 5.74) is 5.78. The van der Waals surface area contributed by atoms with Gasteiger partial charge in [0.2, 0.25) is 11.8 Å². The number of nitrogen functional groups attached to an aromatic ring is 1. The normalized spacial score (nSPS) is 23.8. The zero-order valence-corrected chi connectivity index (χ0v) is 10.2. The van der Waals surface area contributed by atoms with Gasteiger partial charge in [0, 0.05) is 6.42 Å². The van der Waals surface area contributed by atoms with Crippen LogP contribution in [0.15, 0.2) is 18.2 Å². The summed E-state index contributed by atoms with van der Waals surface area (Å²) in [6.45, 7) is 1.89. The fourth-order valence-electron chi connectivity index (χ4n) is 2.41. The Balaban J connectivity index is 2.46. The second-order valence-electron chi connectivity index (χ2n) is 4.59. The van der Waals surface area contributed by atoms with Gasteiger partial charge in [0.1, 0.15) is 5.75 Å². The van der Waals surface area contributed by atoms with E-state index in [0.29, 0.717) is 24.8 Å². The number of imide groups is 1. The van der Waals surface area contributed by atoms with Crippen molar-refractivity contribution in [3.8, 4) is 5.75 Å². The minimum Gasteiger partial charge on any atom is -0.506 e. The van der Waals surface area contributed by atoms with Crippen LogP contribution in [0.3, 0.4) is 0 Å². The highest BCUT2D eigenvalue weighted by molar-refractivity contribution is 6.03. The first-order chi connectivity index (χ1) is 8.49. The van der Waals surface area contributed by atoms with E-state index in [4.69, 9.17) is 5.73 Å². The highest BCUT2D eigenvalue weighted by atomic mass is 16.3. The molecule has 1 atom stereocenters. The first-order valence-electron chi connectivity index (χ1n) is 5.93. The van der Waals surface area contributed by atoms with Crippen LogP contribution in [0, 0.1) is 0 Å². The third-order valence-electron chi connectivity index (χ3n) is 3.65. The number of nitrogens with one attached hydrogen (secondary N) is 1. The van der Waals surface area contributed by atoms with Gasteiger partial charge in [-0.2, -0.15) is 0 Å². The standard InChI is InChI=1S/C13H16N2O3/c1-2-13(6-5-11(17)15-12(13)18)8-3-4-9(14)10(16)7-8/h3-4,7,16H,2,5-6,14H2,1H3,(H,15,17,18)/t13-/m0/s1. The average molecular weight is 248 g/mol. The number of aromatic hydroxyl groups is 1. The van der Waals surface area contributed by atoms with Gasteiger partial charge in [-0.05, 0) is 30.5 Å². The Hall–Kier alpha value is -2.04. The molecule has 0 aromatic heterocycles. The monoisotopic (exact) mass is 248 g/mol. The number of piperidine rings is 1. The molecule has 96 valence electrons. The number of amides is 2. The molecule has 0 aliphatic carbocycles. The fourth-order valence-corrected chi connectivity index (χ4v) is 2.41. The highest BCUT2D eigenvalue weighted by Crippen LogP contribution is 2.38. The van der Waals surface area contributed by atoms with Crippen molar-refractivity contribution in [3.63, 3.8) is 0 Å². The van der Waals surface area contributed by atoms with Gasteiger partial charge >= 0.3 is 0 Å². The number of nitrogens with two attached hydrogens (primary N) is 1. The first-order valence-corrected chi connectivity index (χ1v) is 5.93. The minimum absolute atomic E-state index is 0.0370. The molecule has 0 unspecified atom stereocenters. The van der Waals surface area contributed by atoms with Crippen molar-refractivity contribution in [2.75, 3.05) is 5.73 Å². The Bertz CT molecular complexity index is 513. The van der Waals surface area contributed by atoms with Gasteiger partial charge in [-0.1, -0.05) is 13.0 Å². The summed E-state index contributed by atoms with van der Waals surface area (Å²) in [5.74, 6) is -0.584. The molecule has 1 fully saturated rings. The molecule has 0 spiro atoms. The molecule has 1 aromatic rings. The Morgan fingerprint density at radius 2 is 2.17 bits per heavy atom. The Labute approximate surface area is 105 Å². The predicted octanol–water partition coefficient (Wildman–Crippen LogP) is 1.06. The molecule has 1 aliphatic rings. The van der Waals surface area contributed by atoms with Gasteiger partial charge in [-0.3, -0.25) is 14.9 Å². The lowest BCUT2D eigenvalue weighted by Crippen LogP contribution is -2.51. The molecule has 5 heteroatoms. The molecule has 0 radical (unpaired) electrons. The van der Waals surface area contributed by atoms with Crippen LogP contribution in [0.25, 0.3) is 0 Å². The molecule has 2 rings (SSSR count). The summed E-state index contributed by atoms with van der Waals surface area (Å²) < 4.78 is 0. The van der Waals surface area contributed by atoms with Gasteiger partial charge in [0.05, 0.1) is 11.1 Å². The molecule has 1 saturated heterocycles. The Kier molecular flexibility index (Phi) is 2.98. The number of hydrogen-bond acceptors (Lipinski definition) is 4. The lowest BCUT2D eigenvalue weighted by atomic mass is 9.72. The molecule has 0 saturated carbocycles. The van der Waals surface area contributed by atoms with Crippen molar-refractivity contribution >= 4 is 17.5 Å². The molecule has 1 heterocycles. The van der Waals surface area contributed by atoms with E-state index < -0.39 is 5.41 Å². The Morgan fingerprint density at radius 3 is 2.72 bits per heavy atom. The second-order valence-corrected chi connectivity index (χ2v) is 4.59. The van der Waals surface area contributed by atoms with Crippen molar-refractivity contribution in [2.24, 2.45) is 0 Å². The smallest absolute Gasteiger partial charge is 0.237 e. The summed E-state index contributed by atoms with van der Waals surface area (Å²) in [6, 6.07) is 4.81. The molecule has 5 nitrogen and oxygen atoms in total. The molecule has 4 N–H and O–H groups in total. The highest BCUT2D eigenvalue weighted by Gasteiger charge is 2.42. The maximum atomic E-state index is 12.1. The van der Waals surface area contributed by atoms with Crippen molar-refractivity contribution in [2.45, 2.75) is 31.6 Å². The molecular weight excluding hydrogens is 232 g/mol. The summed E-state index contributed by atoms with van der Waals surface area (Å²) >= 11 is 0. The largest absolute Gasteiger partial charge is 0.506 e. The number of benzene rings is 1. The number of phenolic OH excluding ortho intramolecular Hbond substituents is 1. The molecule has 18 heavy (non-hydrogen) atoms. The summed E-state index contributed by atoms with van der Waals surface area (Å²) in [4.78, 5) is 23.3. The van der Waals surface area contributed by atoms with Gasteiger partial charge in [-0.25, -0.2) is 0 Å². The number of hydrogen-bond donors (Lipinski definition) is 3. The van der Waals surface area contributed by atoms with Crippen molar-refractivity contribution in [1.82, 2.24) is 5.32 Å². The maximum Gasteiger partial charge on any atom is 0.237 e. The van der Waals surface area contributed by atoms with Gasteiger partial charge in [0.25, 0.3) is 0 Å². The van der Waals surface area contributed by atoms with E-state index in [1.807, 2.05) is 6.92 Å². The lowest BCUT2D eigenvalue weighted by molar-refractivity contribution is -0.138. The van der Waals surface area contributed by atoms with Crippen LogP contribution in [0.4, 0.5) is 5.69 Å². The topological polar surface area (TPSA) is 92.4 Å². The number of anilines is 1. The van der Waals surface area contributed by atoms with Crippen molar-refractivity contribution in [3.05, 3.63) is 23.8 Å². The molecule has 0 bridgehead atoms. The van der Waals surface area contributed by atoms with E-state index in [-0.39, 0.29) is 23.3 Å². The number of carbonyl (C=O) groups excluding carboxylic acids is 2. The van der Waals surface area contributed by atoms with Gasteiger partial charge in [0.15, 0.2) is 0 Å². The van der Waals surface area contributed by atoms with E-state index in [2.05, 4.69) is 5.32 Å². The van der Waals surface area contributed by atoms with Crippen LogP contribution in [0.1, 0.15) is 31.7 Å². The number of carbonyl (C=O) groups is 2. The summed E-state index contributed by atoms with van der Waals surface area (Å²) in [5, 5.41) is 12.0. The SMILES string of the molecule is CC[C@@]1(c2ccc(N)c(O)c2)CCC(=O)NC1=O. The molecular formula is C13H16N2O3. The van der Waals surface area contributed by atoms with Crippen LogP contribution >= 0.6 is 0 Å². The quantitative estimate of drug-likeness (QED) is 0.414. The molecule has 2 amide bonds.